The molecule has 31 heavy (non-hydrogen) atoms. The number of hydrogen-bond acceptors (Lipinski definition) is 6. The van der Waals surface area contributed by atoms with Crippen LogP contribution in [0.5, 0.6) is 0 Å². The van der Waals surface area contributed by atoms with Gasteiger partial charge in [0.1, 0.15) is 5.60 Å². The van der Waals surface area contributed by atoms with Gasteiger partial charge in [0.25, 0.3) is 5.91 Å². The molecule has 2 unspecified atom stereocenters. The maximum atomic E-state index is 12.7. The van der Waals surface area contributed by atoms with E-state index in [1.165, 1.54) is 11.3 Å². The van der Waals surface area contributed by atoms with Crippen LogP contribution in [0.3, 0.4) is 0 Å². The second-order valence-electron chi connectivity index (χ2n) is 8.16. The van der Waals surface area contributed by atoms with Crippen LogP contribution in [0.15, 0.2) is 17.5 Å². The van der Waals surface area contributed by atoms with Gasteiger partial charge in [0.15, 0.2) is 0 Å². The van der Waals surface area contributed by atoms with Crippen molar-refractivity contribution in [3.63, 3.8) is 0 Å². The van der Waals surface area contributed by atoms with Gasteiger partial charge in [-0.2, -0.15) is 13.2 Å². The van der Waals surface area contributed by atoms with Crippen molar-refractivity contribution >= 4 is 23.2 Å². The molecule has 2 atom stereocenters. The van der Waals surface area contributed by atoms with E-state index in [4.69, 9.17) is 19.4 Å². The fourth-order valence-electron chi connectivity index (χ4n) is 3.52. The van der Waals surface area contributed by atoms with Gasteiger partial charge in [0.2, 0.25) is 0 Å². The highest BCUT2D eigenvalue weighted by Gasteiger charge is 2.44. The first-order valence-electron chi connectivity index (χ1n) is 9.98. The summed E-state index contributed by atoms with van der Waals surface area (Å²) in [4.78, 5) is 26.7. The Morgan fingerprint density at radius 1 is 1.42 bits per heavy atom. The van der Waals surface area contributed by atoms with Gasteiger partial charge in [-0.25, -0.2) is 4.79 Å². The average Bonchev–Trinajstić information content (AvgIpc) is 3.29. The molecule has 3 rings (SSSR count). The second kappa shape index (κ2) is 10.8. The number of alkyl halides is 3. The minimum atomic E-state index is -5.08. The molecule has 1 aromatic heterocycles. The van der Waals surface area contributed by atoms with Gasteiger partial charge in [-0.15, -0.1) is 11.3 Å². The lowest BCUT2D eigenvalue weighted by atomic mass is 9.93. The van der Waals surface area contributed by atoms with Crippen molar-refractivity contribution in [3.8, 4) is 0 Å². The molecule has 0 aromatic carbocycles. The monoisotopic (exact) mass is 466 g/mol. The number of amides is 1. The van der Waals surface area contributed by atoms with E-state index in [-0.39, 0.29) is 11.5 Å². The van der Waals surface area contributed by atoms with E-state index in [1.807, 2.05) is 22.4 Å². The van der Waals surface area contributed by atoms with Crippen LogP contribution >= 0.6 is 11.3 Å². The molecule has 0 aliphatic carbocycles. The number of halogens is 3. The highest BCUT2D eigenvalue weighted by atomic mass is 32.1. The minimum Gasteiger partial charge on any atom is -0.475 e. The Balaban J connectivity index is 0.000000423. The minimum absolute atomic E-state index is 0.0984. The lowest BCUT2D eigenvalue weighted by Crippen LogP contribution is -2.46. The molecule has 0 saturated carbocycles. The number of ether oxygens (including phenoxy) is 2. The molecule has 7 nitrogen and oxygen atoms in total. The summed E-state index contributed by atoms with van der Waals surface area (Å²) in [5.41, 5.74) is -0.341. The average molecular weight is 467 g/mol. The van der Waals surface area contributed by atoms with Crippen LogP contribution in [-0.4, -0.2) is 91.1 Å². The molecular weight excluding hydrogens is 437 g/mol. The van der Waals surface area contributed by atoms with Gasteiger partial charge < -0.3 is 24.4 Å². The number of carbonyl (C=O) groups is 2. The van der Waals surface area contributed by atoms with Crippen LogP contribution in [-0.2, 0) is 14.3 Å². The van der Waals surface area contributed by atoms with Gasteiger partial charge in [-0.3, -0.25) is 4.79 Å². The summed E-state index contributed by atoms with van der Waals surface area (Å²) in [6.07, 6.45) is -4.13. The van der Waals surface area contributed by atoms with Crippen LogP contribution in [0, 0.1) is 5.92 Å². The Hall–Kier alpha value is -1.69. The summed E-state index contributed by atoms with van der Waals surface area (Å²) in [7, 11) is 2.16. The molecule has 0 radical (unpaired) electrons. The van der Waals surface area contributed by atoms with Crippen LogP contribution in [0.2, 0.25) is 0 Å². The Bertz CT molecular complexity index is 729. The van der Waals surface area contributed by atoms with Crippen LogP contribution in [0.25, 0.3) is 0 Å². The van der Waals surface area contributed by atoms with Crippen molar-refractivity contribution in [2.75, 3.05) is 46.5 Å². The fourth-order valence-corrected chi connectivity index (χ4v) is 4.21. The predicted octanol–water partition coefficient (Wildman–Crippen LogP) is 2.97. The summed E-state index contributed by atoms with van der Waals surface area (Å²) < 4.78 is 43.7. The topological polar surface area (TPSA) is 79.3 Å². The molecule has 1 amide bonds. The van der Waals surface area contributed by atoms with Crippen LogP contribution in [0.4, 0.5) is 13.2 Å². The molecule has 2 fully saturated rings. The van der Waals surface area contributed by atoms with Gasteiger partial charge in [-0.1, -0.05) is 6.07 Å². The summed E-state index contributed by atoms with van der Waals surface area (Å²) in [5, 5.41) is 9.07. The molecule has 0 bridgehead atoms. The lowest BCUT2D eigenvalue weighted by Gasteiger charge is -2.31. The van der Waals surface area contributed by atoms with Crippen molar-refractivity contribution in [3.05, 3.63) is 22.4 Å². The third-order valence-electron chi connectivity index (χ3n) is 5.32. The Kier molecular flexibility index (Phi) is 8.87. The van der Waals surface area contributed by atoms with E-state index in [1.54, 1.807) is 0 Å². The van der Waals surface area contributed by atoms with Gasteiger partial charge in [-0.05, 0) is 44.7 Å². The zero-order valence-corrected chi connectivity index (χ0v) is 18.7. The molecule has 1 N–H and O–H groups in total. The Morgan fingerprint density at radius 2 is 2.10 bits per heavy atom. The highest BCUT2D eigenvalue weighted by molar-refractivity contribution is 7.12. The van der Waals surface area contributed by atoms with Crippen molar-refractivity contribution in [2.24, 2.45) is 5.92 Å². The zero-order valence-electron chi connectivity index (χ0n) is 17.9. The molecule has 2 aliphatic rings. The van der Waals surface area contributed by atoms with E-state index in [9.17, 15) is 18.0 Å². The van der Waals surface area contributed by atoms with Crippen LogP contribution < -0.4 is 0 Å². The molecule has 2 aliphatic heterocycles. The van der Waals surface area contributed by atoms with E-state index >= 15 is 0 Å². The van der Waals surface area contributed by atoms with Crippen LogP contribution in [0.1, 0.15) is 29.9 Å². The second-order valence-corrected chi connectivity index (χ2v) is 9.10. The number of nitrogens with zero attached hydrogens (tertiary/aromatic N) is 2. The summed E-state index contributed by atoms with van der Waals surface area (Å²) in [6.45, 7) is 8.63. The van der Waals surface area contributed by atoms with Gasteiger partial charge in [0.05, 0.1) is 31.2 Å². The normalized spacial score (nSPS) is 24.3. The molecule has 1 aromatic rings. The summed E-state index contributed by atoms with van der Waals surface area (Å²) in [5.74, 6) is -2.16. The molecule has 3 heterocycles. The first-order valence-corrected chi connectivity index (χ1v) is 10.9. The summed E-state index contributed by atoms with van der Waals surface area (Å²) >= 11 is 1.50. The van der Waals surface area contributed by atoms with E-state index in [0.717, 1.165) is 24.4 Å². The van der Waals surface area contributed by atoms with Crippen molar-refractivity contribution in [1.82, 2.24) is 9.80 Å². The number of carbonyl (C=O) groups excluding carboxylic acids is 1. The molecular formula is C20H29F3N2O5S. The number of aliphatic carboxylic acids is 1. The SMILES string of the molecule is CC(C)N(C)CC1COC2(COCCN(C(=O)c3cccs3)C2)C1.O=C(O)C(F)(F)F. The standard InChI is InChI=1S/C18H28N2O3S.C2HF3O2/c1-14(2)19(3)10-15-9-18(23-11-15)12-20(6-7-22-13-18)17(21)16-5-4-8-24-16;3-2(4,5)1(6)7/h4-5,8,14-15H,6-7,9-13H2,1-3H3;(H,6,7). The number of thiophene rings is 1. The quantitative estimate of drug-likeness (QED) is 0.735. The molecule has 11 heteroatoms. The van der Waals surface area contributed by atoms with E-state index < -0.39 is 12.1 Å². The smallest absolute Gasteiger partial charge is 0.475 e. The molecule has 2 saturated heterocycles. The number of rotatable bonds is 4. The Labute approximate surface area is 183 Å². The summed E-state index contributed by atoms with van der Waals surface area (Å²) in [6, 6.07) is 4.34. The number of carboxylic acids is 1. The fraction of sp³-hybridized carbons (Fsp3) is 0.700. The lowest BCUT2D eigenvalue weighted by molar-refractivity contribution is -0.192. The number of hydrogen-bond donors (Lipinski definition) is 1. The largest absolute Gasteiger partial charge is 0.490 e. The van der Waals surface area contributed by atoms with Gasteiger partial charge in [0, 0.05) is 19.1 Å². The first-order chi connectivity index (χ1) is 14.4. The van der Waals surface area contributed by atoms with Crippen molar-refractivity contribution in [2.45, 2.75) is 38.1 Å². The molecule has 1 spiro atoms. The van der Waals surface area contributed by atoms with Gasteiger partial charge >= 0.3 is 12.1 Å². The van der Waals surface area contributed by atoms with E-state index in [2.05, 4.69) is 25.8 Å². The van der Waals surface area contributed by atoms with Crippen molar-refractivity contribution < 1.29 is 37.3 Å². The molecule has 176 valence electrons. The van der Waals surface area contributed by atoms with Crippen molar-refractivity contribution in [1.29, 1.82) is 0 Å². The third kappa shape index (κ3) is 7.44. The maximum Gasteiger partial charge on any atom is 0.490 e. The zero-order chi connectivity index (χ0) is 23.2. The third-order valence-corrected chi connectivity index (χ3v) is 6.18. The van der Waals surface area contributed by atoms with E-state index in [0.29, 0.717) is 38.3 Å². The Morgan fingerprint density at radius 3 is 2.65 bits per heavy atom. The first kappa shape index (κ1) is 25.6. The number of carboxylic acid groups (broad SMARTS) is 1. The maximum absolute atomic E-state index is 12.7. The highest BCUT2D eigenvalue weighted by Crippen LogP contribution is 2.34. The predicted molar refractivity (Wildman–Crippen MR) is 109 cm³/mol.